The molecule has 0 rings (SSSR count). The molecule has 0 aromatic heterocycles. The number of rotatable bonds is 68. The molecule has 79 heavy (non-hydrogen) atoms. The molecule has 0 bridgehead atoms. The molecule has 6 heteroatoms. The molecular weight excluding hydrogens is 973 g/mol. The van der Waals surface area contributed by atoms with E-state index in [4.69, 9.17) is 14.2 Å². The quantitative estimate of drug-likeness (QED) is 0.0261. The summed E-state index contributed by atoms with van der Waals surface area (Å²) >= 11 is 0. The topological polar surface area (TPSA) is 78.9 Å². The number of carbonyl (C=O) groups excluding carboxylic acids is 3. The van der Waals surface area contributed by atoms with Gasteiger partial charge in [-0.05, 0) is 44.9 Å². The van der Waals surface area contributed by atoms with Crippen LogP contribution in [0.3, 0.4) is 0 Å². The number of ether oxygens (including phenoxy) is 3. The molecule has 0 spiro atoms. The Hall–Kier alpha value is -1.85. The zero-order chi connectivity index (χ0) is 57.1. The number of esters is 3. The molecule has 0 saturated carbocycles. The zero-order valence-electron chi connectivity index (χ0n) is 53.9. The van der Waals surface area contributed by atoms with Crippen LogP contribution in [0.15, 0.2) is 12.2 Å². The van der Waals surface area contributed by atoms with E-state index in [0.29, 0.717) is 19.3 Å². The van der Waals surface area contributed by atoms with Crippen LogP contribution in [0.5, 0.6) is 0 Å². The van der Waals surface area contributed by atoms with Gasteiger partial charge >= 0.3 is 17.9 Å². The van der Waals surface area contributed by atoms with Crippen LogP contribution >= 0.6 is 0 Å². The molecule has 0 fully saturated rings. The van der Waals surface area contributed by atoms with Crippen LogP contribution in [0.25, 0.3) is 0 Å². The average molecular weight is 1110 g/mol. The molecule has 0 saturated heterocycles. The highest BCUT2D eigenvalue weighted by atomic mass is 16.6. The van der Waals surface area contributed by atoms with Gasteiger partial charge in [-0.25, -0.2) is 0 Å². The van der Waals surface area contributed by atoms with Crippen molar-refractivity contribution in [1.29, 1.82) is 0 Å². The van der Waals surface area contributed by atoms with E-state index in [1.165, 1.54) is 315 Å². The van der Waals surface area contributed by atoms with E-state index in [2.05, 4.69) is 32.9 Å². The molecule has 1 unspecified atom stereocenters. The fourth-order valence-corrected chi connectivity index (χ4v) is 11.3. The summed E-state index contributed by atoms with van der Waals surface area (Å²) in [6.07, 6.45) is 82.6. The Bertz CT molecular complexity index is 1230. The molecule has 0 amide bonds. The van der Waals surface area contributed by atoms with Crippen LogP contribution in [-0.4, -0.2) is 37.2 Å². The van der Waals surface area contributed by atoms with Crippen molar-refractivity contribution in [3.63, 3.8) is 0 Å². The number of hydrogen-bond donors (Lipinski definition) is 0. The Morgan fingerprint density at radius 1 is 0.241 bits per heavy atom. The summed E-state index contributed by atoms with van der Waals surface area (Å²) < 4.78 is 17.0. The van der Waals surface area contributed by atoms with E-state index in [-0.39, 0.29) is 31.1 Å². The van der Waals surface area contributed by atoms with Crippen LogP contribution in [0.1, 0.15) is 419 Å². The van der Waals surface area contributed by atoms with Gasteiger partial charge in [-0.2, -0.15) is 0 Å². The van der Waals surface area contributed by atoms with Crippen LogP contribution in [0.2, 0.25) is 0 Å². The molecular formula is C73H140O6. The van der Waals surface area contributed by atoms with Gasteiger partial charge < -0.3 is 14.2 Å². The molecule has 0 aliphatic heterocycles. The third-order valence-corrected chi connectivity index (χ3v) is 16.8. The van der Waals surface area contributed by atoms with Gasteiger partial charge in [0.1, 0.15) is 13.2 Å². The maximum absolute atomic E-state index is 13.0. The number of carbonyl (C=O) groups is 3. The lowest BCUT2D eigenvalue weighted by molar-refractivity contribution is -0.167. The summed E-state index contributed by atoms with van der Waals surface area (Å²) in [6, 6.07) is 0. The van der Waals surface area contributed by atoms with Crippen molar-refractivity contribution in [3.8, 4) is 0 Å². The van der Waals surface area contributed by atoms with Crippen molar-refractivity contribution < 1.29 is 28.6 Å². The SMILES string of the molecule is CCCCC/C=C\CCCCCCCC(=O)OCC(COC(=O)CCCCCCCCCCCCCCCCCCCCCCCCCCC)OC(=O)CCCCCCCCCCCCCCCCCCCCCCCCCC. The Balaban J connectivity index is 4.16. The smallest absolute Gasteiger partial charge is 0.306 e. The standard InChI is InChI=1S/C73H140O6/c1-4-7-10-13-16-19-22-25-27-29-31-33-35-37-39-40-42-44-46-48-51-54-57-60-63-66-72(75)78-69-70(68-77-71(74)65-62-59-56-53-50-24-21-18-15-12-9-6-3)79-73(76)67-64-61-58-55-52-49-47-45-43-41-38-36-34-32-30-28-26-23-20-17-14-11-8-5-2/h18,21,70H,4-17,19-20,22-69H2,1-3H3/b21-18-. The molecule has 0 aromatic rings. The van der Waals surface area contributed by atoms with Crippen molar-refractivity contribution in [3.05, 3.63) is 12.2 Å². The second-order valence-electron chi connectivity index (χ2n) is 24.9. The number of allylic oxidation sites excluding steroid dienone is 2. The zero-order valence-corrected chi connectivity index (χ0v) is 53.9. The van der Waals surface area contributed by atoms with Gasteiger partial charge in [0.15, 0.2) is 6.10 Å². The summed E-state index contributed by atoms with van der Waals surface area (Å²) in [5.74, 6) is -0.840. The Labute approximate surface area is 494 Å². The molecule has 0 radical (unpaired) electrons. The van der Waals surface area contributed by atoms with Gasteiger partial charge in [-0.3, -0.25) is 14.4 Å². The lowest BCUT2D eigenvalue weighted by Crippen LogP contribution is -2.30. The van der Waals surface area contributed by atoms with E-state index >= 15 is 0 Å². The summed E-state index contributed by atoms with van der Waals surface area (Å²) in [6.45, 7) is 6.70. The summed E-state index contributed by atoms with van der Waals surface area (Å²) in [7, 11) is 0. The lowest BCUT2D eigenvalue weighted by Gasteiger charge is -2.18. The minimum atomic E-state index is -0.770. The van der Waals surface area contributed by atoms with Crippen molar-refractivity contribution >= 4 is 17.9 Å². The minimum Gasteiger partial charge on any atom is -0.462 e. The summed E-state index contributed by atoms with van der Waals surface area (Å²) in [5.41, 5.74) is 0. The lowest BCUT2D eigenvalue weighted by atomic mass is 10.0. The third kappa shape index (κ3) is 66.8. The molecule has 1 atom stereocenters. The molecule has 0 aliphatic carbocycles. The first-order chi connectivity index (χ1) is 39.0. The first-order valence-electron chi connectivity index (χ1n) is 36.2. The fourth-order valence-electron chi connectivity index (χ4n) is 11.3. The van der Waals surface area contributed by atoms with Gasteiger partial charge in [-0.15, -0.1) is 0 Å². The van der Waals surface area contributed by atoms with Crippen molar-refractivity contribution in [1.82, 2.24) is 0 Å². The summed E-state index contributed by atoms with van der Waals surface area (Å²) in [5, 5.41) is 0. The second kappa shape index (κ2) is 68.6. The normalized spacial score (nSPS) is 12.0. The Morgan fingerprint density at radius 3 is 0.658 bits per heavy atom. The molecule has 0 aliphatic rings. The van der Waals surface area contributed by atoms with Gasteiger partial charge in [0.05, 0.1) is 0 Å². The number of hydrogen-bond acceptors (Lipinski definition) is 6. The average Bonchev–Trinajstić information content (AvgIpc) is 3.45. The summed E-state index contributed by atoms with van der Waals surface area (Å²) in [4.78, 5) is 38.4. The third-order valence-electron chi connectivity index (χ3n) is 16.8. The van der Waals surface area contributed by atoms with Gasteiger partial charge in [0, 0.05) is 19.3 Å². The van der Waals surface area contributed by atoms with Crippen molar-refractivity contribution in [2.75, 3.05) is 13.2 Å². The predicted octanol–water partition coefficient (Wildman–Crippen LogP) is 24.8. The second-order valence-corrected chi connectivity index (χ2v) is 24.9. The van der Waals surface area contributed by atoms with Gasteiger partial charge in [0.25, 0.3) is 0 Å². The van der Waals surface area contributed by atoms with Crippen molar-refractivity contribution in [2.45, 2.75) is 425 Å². The van der Waals surface area contributed by atoms with E-state index in [0.717, 1.165) is 64.2 Å². The highest BCUT2D eigenvalue weighted by molar-refractivity contribution is 5.71. The van der Waals surface area contributed by atoms with E-state index in [1.807, 2.05) is 0 Å². The Kier molecular flexibility index (Phi) is 67.0. The fraction of sp³-hybridized carbons (Fsp3) is 0.932. The van der Waals surface area contributed by atoms with E-state index in [1.54, 1.807) is 0 Å². The monoisotopic (exact) mass is 1110 g/mol. The molecule has 6 nitrogen and oxygen atoms in total. The van der Waals surface area contributed by atoms with Gasteiger partial charge in [0.2, 0.25) is 0 Å². The van der Waals surface area contributed by atoms with E-state index < -0.39 is 6.10 Å². The maximum atomic E-state index is 13.0. The molecule has 0 heterocycles. The molecule has 0 N–H and O–H groups in total. The van der Waals surface area contributed by atoms with Crippen LogP contribution in [0.4, 0.5) is 0 Å². The Morgan fingerprint density at radius 2 is 0.418 bits per heavy atom. The predicted molar refractivity (Wildman–Crippen MR) is 344 cm³/mol. The highest BCUT2D eigenvalue weighted by Gasteiger charge is 2.19. The van der Waals surface area contributed by atoms with Crippen molar-refractivity contribution in [2.24, 2.45) is 0 Å². The number of unbranched alkanes of at least 4 members (excludes halogenated alkanes) is 55. The highest BCUT2D eigenvalue weighted by Crippen LogP contribution is 2.19. The minimum absolute atomic E-state index is 0.0657. The first-order valence-corrected chi connectivity index (χ1v) is 36.2. The first kappa shape index (κ1) is 77.2. The molecule has 0 aromatic carbocycles. The largest absolute Gasteiger partial charge is 0.462 e. The van der Waals surface area contributed by atoms with Crippen LogP contribution in [0, 0.1) is 0 Å². The van der Waals surface area contributed by atoms with Gasteiger partial charge in [-0.1, -0.05) is 367 Å². The van der Waals surface area contributed by atoms with Crippen LogP contribution in [-0.2, 0) is 28.6 Å². The maximum Gasteiger partial charge on any atom is 0.306 e. The van der Waals surface area contributed by atoms with E-state index in [9.17, 15) is 14.4 Å². The molecule has 468 valence electrons. The van der Waals surface area contributed by atoms with Crippen LogP contribution < -0.4 is 0 Å².